The summed E-state index contributed by atoms with van der Waals surface area (Å²) in [6, 6.07) is 16.8. The molecule has 3 aromatic rings. The lowest BCUT2D eigenvalue weighted by molar-refractivity contribution is -0.137. The molecular weight excluding hydrogens is 451 g/mol. The maximum atomic E-state index is 13.6. The van der Waals surface area contributed by atoms with Crippen molar-refractivity contribution >= 4 is 17.6 Å². The number of carbonyl (C=O) groups is 1. The predicted octanol–water partition coefficient (Wildman–Crippen LogP) is 6.34. The number of benzene rings is 2. The normalized spacial score (nSPS) is 13.8. The Bertz CT molecular complexity index is 1100. The highest BCUT2D eigenvalue weighted by atomic mass is 35.5. The number of pyridine rings is 1. The summed E-state index contributed by atoms with van der Waals surface area (Å²) in [5.74, 6) is 0. The zero-order chi connectivity index (χ0) is 24.3. The zero-order valence-corrected chi connectivity index (χ0v) is 19.3. The standard InChI is InChI=1S/C25H25ClF3N3O/c1-23(2,3)31-22(33)32-24(15-17-8-5-4-6-9-17,21-13-12-20(26)16-30-21)18-10-7-11-19(14-18)25(27,28)29/h4-14,16H,15H2,1-3H3,(H2,31,32,33). The van der Waals surface area contributed by atoms with Crippen molar-refractivity contribution in [1.29, 1.82) is 0 Å². The SMILES string of the molecule is CC(C)(C)NC(=O)NC(Cc1ccccc1)(c1cccc(C(F)(F)F)c1)c1ccc(Cl)cn1. The fourth-order valence-electron chi connectivity index (χ4n) is 3.58. The lowest BCUT2D eigenvalue weighted by atomic mass is 9.80. The minimum atomic E-state index is -4.55. The third-order valence-corrected chi connectivity index (χ3v) is 5.20. The van der Waals surface area contributed by atoms with E-state index in [1.54, 1.807) is 18.2 Å². The highest BCUT2D eigenvalue weighted by Gasteiger charge is 2.40. The Morgan fingerprint density at radius 3 is 2.15 bits per heavy atom. The molecule has 0 saturated heterocycles. The van der Waals surface area contributed by atoms with E-state index in [-0.39, 0.29) is 12.0 Å². The number of aromatic nitrogens is 1. The molecule has 8 heteroatoms. The number of nitrogens with zero attached hydrogens (tertiary/aromatic N) is 1. The van der Waals surface area contributed by atoms with Crippen LogP contribution in [0.25, 0.3) is 0 Å². The van der Waals surface area contributed by atoms with Crippen molar-refractivity contribution < 1.29 is 18.0 Å². The van der Waals surface area contributed by atoms with Gasteiger partial charge in [-0.3, -0.25) is 4.98 Å². The quantitative estimate of drug-likeness (QED) is 0.452. The molecule has 0 aliphatic carbocycles. The van der Waals surface area contributed by atoms with Crippen LogP contribution in [0.15, 0.2) is 72.9 Å². The second kappa shape index (κ2) is 9.43. The minimum absolute atomic E-state index is 0.168. The second-order valence-electron chi connectivity index (χ2n) is 8.84. The van der Waals surface area contributed by atoms with E-state index in [2.05, 4.69) is 15.6 Å². The summed E-state index contributed by atoms with van der Waals surface area (Å²) >= 11 is 6.03. The van der Waals surface area contributed by atoms with Crippen molar-refractivity contribution in [1.82, 2.24) is 15.6 Å². The van der Waals surface area contributed by atoms with Gasteiger partial charge < -0.3 is 10.6 Å². The Hall–Kier alpha value is -3.06. The Morgan fingerprint density at radius 1 is 0.909 bits per heavy atom. The highest BCUT2D eigenvalue weighted by Crippen LogP contribution is 2.37. The zero-order valence-electron chi connectivity index (χ0n) is 18.5. The minimum Gasteiger partial charge on any atom is -0.334 e. The number of hydrogen-bond acceptors (Lipinski definition) is 2. The average Bonchev–Trinajstić information content (AvgIpc) is 2.72. The molecule has 0 aliphatic heterocycles. The van der Waals surface area contributed by atoms with Gasteiger partial charge in [-0.25, -0.2) is 4.79 Å². The first kappa shape index (κ1) is 24.6. The van der Waals surface area contributed by atoms with E-state index in [0.29, 0.717) is 10.7 Å². The van der Waals surface area contributed by atoms with E-state index in [1.807, 2.05) is 51.1 Å². The van der Waals surface area contributed by atoms with Gasteiger partial charge in [0.25, 0.3) is 0 Å². The van der Waals surface area contributed by atoms with Crippen LogP contribution in [-0.4, -0.2) is 16.6 Å². The molecule has 0 aliphatic rings. The highest BCUT2D eigenvalue weighted by molar-refractivity contribution is 6.30. The van der Waals surface area contributed by atoms with Gasteiger partial charge in [0.05, 0.1) is 16.3 Å². The molecule has 1 aromatic heterocycles. The molecule has 33 heavy (non-hydrogen) atoms. The molecule has 4 nitrogen and oxygen atoms in total. The van der Waals surface area contributed by atoms with Gasteiger partial charge in [0, 0.05) is 18.2 Å². The fraction of sp³-hybridized carbons (Fsp3) is 0.280. The third-order valence-electron chi connectivity index (χ3n) is 4.97. The van der Waals surface area contributed by atoms with Gasteiger partial charge in [-0.1, -0.05) is 54.1 Å². The van der Waals surface area contributed by atoms with E-state index in [1.165, 1.54) is 12.3 Å². The Morgan fingerprint density at radius 2 is 1.58 bits per heavy atom. The fourth-order valence-corrected chi connectivity index (χ4v) is 3.69. The molecule has 0 spiro atoms. The molecule has 0 saturated carbocycles. The van der Waals surface area contributed by atoms with Crippen LogP contribution >= 0.6 is 11.6 Å². The van der Waals surface area contributed by atoms with Crippen LogP contribution in [0.2, 0.25) is 5.02 Å². The number of carbonyl (C=O) groups excluding carboxylic acids is 1. The van der Waals surface area contributed by atoms with Crippen LogP contribution in [0, 0.1) is 0 Å². The van der Waals surface area contributed by atoms with Crippen LogP contribution < -0.4 is 10.6 Å². The first-order chi connectivity index (χ1) is 15.4. The van der Waals surface area contributed by atoms with Crippen LogP contribution in [0.1, 0.15) is 43.2 Å². The van der Waals surface area contributed by atoms with Crippen molar-refractivity contribution in [3.05, 3.63) is 100 Å². The van der Waals surface area contributed by atoms with Crippen molar-refractivity contribution in [3.63, 3.8) is 0 Å². The molecule has 1 heterocycles. The van der Waals surface area contributed by atoms with E-state index in [4.69, 9.17) is 11.6 Å². The molecular formula is C25H25ClF3N3O. The number of urea groups is 1. The van der Waals surface area contributed by atoms with Crippen LogP contribution in [-0.2, 0) is 18.1 Å². The van der Waals surface area contributed by atoms with Crippen molar-refractivity contribution in [2.24, 2.45) is 0 Å². The number of nitrogens with one attached hydrogen (secondary N) is 2. The molecule has 3 rings (SSSR count). The second-order valence-corrected chi connectivity index (χ2v) is 9.27. The van der Waals surface area contributed by atoms with Gasteiger partial charge in [-0.2, -0.15) is 13.2 Å². The summed E-state index contributed by atoms with van der Waals surface area (Å²) < 4.78 is 40.8. The first-order valence-corrected chi connectivity index (χ1v) is 10.7. The van der Waals surface area contributed by atoms with E-state index in [9.17, 15) is 18.0 Å². The molecule has 174 valence electrons. The van der Waals surface area contributed by atoms with Crippen LogP contribution in [0.3, 0.4) is 0 Å². The predicted molar refractivity (Wildman–Crippen MR) is 123 cm³/mol. The molecule has 0 fully saturated rings. The molecule has 1 unspecified atom stereocenters. The van der Waals surface area contributed by atoms with Gasteiger partial charge in [0.2, 0.25) is 0 Å². The molecule has 1 atom stereocenters. The van der Waals surface area contributed by atoms with E-state index in [0.717, 1.165) is 17.7 Å². The molecule has 2 aromatic carbocycles. The molecule has 0 radical (unpaired) electrons. The van der Waals surface area contributed by atoms with Gasteiger partial charge in [0.15, 0.2) is 0 Å². The van der Waals surface area contributed by atoms with Gasteiger partial charge in [-0.15, -0.1) is 0 Å². The Balaban J connectivity index is 2.24. The van der Waals surface area contributed by atoms with Crippen LogP contribution in [0.5, 0.6) is 0 Å². The first-order valence-electron chi connectivity index (χ1n) is 10.3. The molecule has 0 bridgehead atoms. The summed E-state index contributed by atoms with van der Waals surface area (Å²) in [5.41, 5.74) is -1.36. The van der Waals surface area contributed by atoms with E-state index >= 15 is 0 Å². The lowest BCUT2D eigenvalue weighted by Crippen LogP contribution is -2.56. The summed E-state index contributed by atoms with van der Waals surface area (Å²) in [4.78, 5) is 17.5. The van der Waals surface area contributed by atoms with Crippen molar-refractivity contribution in [2.75, 3.05) is 0 Å². The maximum absolute atomic E-state index is 13.6. The third kappa shape index (κ3) is 6.26. The van der Waals surface area contributed by atoms with Gasteiger partial charge in [-0.05, 0) is 56.2 Å². The number of amides is 2. The molecule has 2 amide bonds. The number of hydrogen-bond donors (Lipinski definition) is 2. The lowest BCUT2D eigenvalue weighted by Gasteiger charge is -2.37. The smallest absolute Gasteiger partial charge is 0.334 e. The Labute approximate surface area is 196 Å². The topological polar surface area (TPSA) is 54.0 Å². The number of halogens is 4. The van der Waals surface area contributed by atoms with Gasteiger partial charge in [0.1, 0.15) is 5.54 Å². The van der Waals surface area contributed by atoms with Crippen molar-refractivity contribution in [3.8, 4) is 0 Å². The monoisotopic (exact) mass is 475 g/mol. The van der Waals surface area contributed by atoms with Gasteiger partial charge >= 0.3 is 12.2 Å². The summed E-state index contributed by atoms with van der Waals surface area (Å²) in [7, 11) is 0. The largest absolute Gasteiger partial charge is 0.416 e. The summed E-state index contributed by atoms with van der Waals surface area (Å²) in [6.07, 6.45) is -2.97. The van der Waals surface area contributed by atoms with E-state index < -0.39 is 28.8 Å². The summed E-state index contributed by atoms with van der Waals surface area (Å²) in [6.45, 7) is 5.45. The van der Waals surface area contributed by atoms with Crippen LogP contribution in [0.4, 0.5) is 18.0 Å². The number of alkyl halides is 3. The Kier molecular flexibility index (Phi) is 7.03. The maximum Gasteiger partial charge on any atom is 0.416 e. The summed E-state index contributed by atoms with van der Waals surface area (Å²) in [5, 5.41) is 6.14. The number of rotatable bonds is 5. The molecule has 2 N–H and O–H groups in total. The van der Waals surface area contributed by atoms with Crippen molar-refractivity contribution in [2.45, 2.75) is 44.4 Å². The average molecular weight is 476 g/mol.